The number of fused-ring (bicyclic) bond motifs is 9. The number of benzene rings is 1. The summed E-state index contributed by atoms with van der Waals surface area (Å²) in [5.74, 6) is -2.30. The first kappa shape index (κ1) is 18.8. The van der Waals surface area contributed by atoms with Crippen LogP contribution in [0.4, 0.5) is 0 Å². The molecule has 1 aromatic carbocycles. The first-order chi connectivity index (χ1) is 14.1. The minimum atomic E-state index is -1.20. The van der Waals surface area contributed by atoms with Crippen molar-refractivity contribution in [3.63, 3.8) is 0 Å². The zero-order valence-electron chi connectivity index (χ0n) is 17.5. The molecule has 3 fully saturated rings. The Morgan fingerprint density at radius 2 is 1.70 bits per heavy atom. The Balaban J connectivity index is 1.56. The Morgan fingerprint density at radius 1 is 1.00 bits per heavy atom. The molecule has 1 N–H and O–H groups in total. The third-order valence-electron chi connectivity index (χ3n) is 6.57. The molecule has 1 amide bonds. The van der Waals surface area contributed by atoms with Crippen LogP contribution >= 0.6 is 0 Å². The first-order valence-corrected chi connectivity index (χ1v) is 10.2. The van der Waals surface area contributed by atoms with Gasteiger partial charge in [0.05, 0.1) is 6.04 Å². The fourth-order valence-electron chi connectivity index (χ4n) is 5.61. The van der Waals surface area contributed by atoms with Gasteiger partial charge in [-0.1, -0.05) is 0 Å². The van der Waals surface area contributed by atoms with Crippen LogP contribution in [0.5, 0.6) is 11.5 Å². The molecule has 2 saturated heterocycles. The van der Waals surface area contributed by atoms with Crippen LogP contribution in [0.15, 0.2) is 12.1 Å². The smallest absolute Gasteiger partial charge is 0.252 e. The van der Waals surface area contributed by atoms with Gasteiger partial charge >= 0.3 is 0 Å². The van der Waals surface area contributed by atoms with Crippen molar-refractivity contribution in [1.82, 2.24) is 5.32 Å². The molecule has 9 heteroatoms. The standard InChI is InChI=1S/C21H25NO8/c1-19(2)27-15-14-13(16-21(24-5,17(15)29-19)30-20(3,4)28-16)9-6-11-12(26-8-25-11)7-10(9)18(23)22-14/h6-7,13-17H,8H2,1-5H3,(H,22,23)/t13-,14-,15+,16-,17+,21-/m1/s1. The average molecular weight is 419 g/mol. The predicted octanol–water partition coefficient (Wildman–Crippen LogP) is 1.64. The molecular weight excluding hydrogens is 394 g/mol. The van der Waals surface area contributed by atoms with Crippen LogP contribution in [0.3, 0.4) is 0 Å². The van der Waals surface area contributed by atoms with E-state index in [4.69, 9.17) is 33.2 Å². The van der Waals surface area contributed by atoms with Crippen LogP contribution in [0.1, 0.15) is 49.5 Å². The Bertz CT molecular complexity index is 945. The number of amides is 1. The predicted molar refractivity (Wildman–Crippen MR) is 100 cm³/mol. The van der Waals surface area contributed by atoms with Gasteiger partial charge in [0.15, 0.2) is 23.1 Å². The van der Waals surface area contributed by atoms with Crippen LogP contribution in [0.25, 0.3) is 0 Å². The van der Waals surface area contributed by atoms with E-state index in [0.29, 0.717) is 17.1 Å². The summed E-state index contributed by atoms with van der Waals surface area (Å²) in [4.78, 5) is 13.1. The SMILES string of the molecule is CO[C@@]12OC(C)(C)O[C@@H]1[C@@H]1c3cc4c(cc3C(=O)N[C@H]1[C@@H]1OC(C)(C)O[C@@H]12)OCO4. The van der Waals surface area contributed by atoms with Crippen molar-refractivity contribution in [3.05, 3.63) is 23.3 Å². The molecule has 0 radical (unpaired) electrons. The molecule has 0 aromatic heterocycles. The topological polar surface area (TPSA) is 93.7 Å². The second-order valence-corrected chi connectivity index (χ2v) is 9.30. The third kappa shape index (κ3) is 2.32. The Labute approximate surface area is 173 Å². The minimum Gasteiger partial charge on any atom is -0.454 e. The van der Waals surface area contributed by atoms with Gasteiger partial charge in [-0.15, -0.1) is 0 Å². The number of methoxy groups -OCH3 is 1. The molecule has 1 saturated carbocycles. The fourth-order valence-corrected chi connectivity index (χ4v) is 5.61. The summed E-state index contributed by atoms with van der Waals surface area (Å²) in [7, 11) is 1.59. The van der Waals surface area contributed by atoms with Crippen LogP contribution in [0, 0.1) is 0 Å². The Morgan fingerprint density at radius 3 is 2.43 bits per heavy atom. The van der Waals surface area contributed by atoms with Gasteiger partial charge in [-0.25, -0.2) is 0 Å². The van der Waals surface area contributed by atoms with Gasteiger partial charge in [0.2, 0.25) is 12.6 Å². The van der Waals surface area contributed by atoms with Crippen molar-refractivity contribution >= 4 is 5.91 Å². The minimum absolute atomic E-state index is 0.127. The highest BCUT2D eigenvalue weighted by Crippen LogP contribution is 2.57. The molecule has 6 rings (SSSR count). The van der Waals surface area contributed by atoms with Gasteiger partial charge in [-0.3, -0.25) is 4.79 Å². The van der Waals surface area contributed by atoms with E-state index in [1.165, 1.54) is 0 Å². The molecule has 162 valence electrons. The van der Waals surface area contributed by atoms with Crippen LogP contribution in [-0.2, 0) is 23.7 Å². The van der Waals surface area contributed by atoms with Crippen molar-refractivity contribution in [3.8, 4) is 11.5 Å². The van der Waals surface area contributed by atoms with Crippen LogP contribution in [0.2, 0.25) is 0 Å². The Hall–Kier alpha value is -1.91. The van der Waals surface area contributed by atoms with E-state index in [9.17, 15) is 4.79 Å². The van der Waals surface area contributed by atoms with Crippen molar-refractivity contribution in [2.24, 2.45) is 0 Å². The van der Waals surface area contributed by atoms with E-state index < -0.39 is 35.7 Å². The summed E-state index contributed by atoms with van der Waals surface area (Å²) < 4.78 is 42.4. The molecule has 30 heavy (non-hydrogen) atoms. The first-order valence-electron chi connectivity index (χ1n) is 10.2. The number of carbonyl (C=O) groups is 1. The molecule has 4 aliphatic heterocycles. The summed E-state index contributed by atoms with van der Waals surface area (Å²) in [6.07, 6.45) is -1.61. The second-order valence-electron chi connectivity index (χ2n) is 9.30. The maximum Gasteiger partial charge on any atom is 0.252 e. The van der Waals surface area contributed by atoms with Crippen LogP contribution < -0.4 is 14.8 Å². The largest absolute Gasteiger partial charge is 0.454 e. The van der Waals surface area contributed by atoms with E-state index in [1.54, 1.807) is 13.2 Å². The number of nitrogens with one attached hydrogen (secondary N) is 1. The molecule has 9 nitrogen and oxygen atoms in total. The molecular formula is C21H25NO8. The third-order valence-corrected chi connectivity index (χ3v) is 6.57. The zero-order valence-corrected chi connectivity index (χ0v) is 17.5. The van der Waals surface area contributed by atoms with Gasteiger partial charge in [0.1, 0.15) is 18.3 Å². The zero-order chi connectivity index (χ0) is 21.1. The summed E-state index contributed by atoms with van der Waals surface area (Å²) in [5, 5.41) is 3.12. The normalized spacial score (nSPS) is 41.5. The lowest BCUT2D eigenvalue weighted by Gasteiger charge is -2.51. The lowest BCUT2D eigenvalue weighted by molar-refractivity contribution is -0.303. The maximum atomic E-state index is 13.1. The monoisotopic (exact) mass is 419 g/mol. The summed E-state index contributed by atoms with van der Waals surface area (Å²) in [6, 6.07) is 3.20. The van der Waals surface area contributed by atoms with Crippen molar-refractivity contribution in [2.75, 3.05) is 13.9 Å². The van der Waals surface area contributed by atoms with Crippen molar-refractivity contribution in [1.29, 1.82) is 0 Å². The highest BCUT2D eigenvalue weighted by molar-refractivity contribution is 5.98. The number of hydrogen-bond acceptors (Lipinski definition) is 8. The summed E-state index contributed by atoms with van der Waals surface area (Å²) >= 11 is 0. The van der Waals surface area contributed by atoms with Gasteiger partial charge in [0, 0.05) is 18.6 Å². The van der Waals surface area contributed by atoms with Crippen molar-refractivity contribution < 1.29 is 38.0 Å². The molecule has 1 aromatic rings. The number of rotatable bonds is 1. The molecule has 0 bridgehead atoms. The highest BCUT2D eigenvalue weighted by atomic mass is 16.9. The second kappa shape index (κ2) is 5.66. The molecule has 1 aliphatic carbocycles. The summed E-state index contributed by atoms with van der Waals surface area (Å²) in [6.45, 7) is 7.51. The van der Waals surface area contributed by atoms with Gasteiger partial charge in [-0.05, 0) is 45.4 Å². The van der Waals surface area contributed by atoms with E-state index in [0.717, 1.165) is 5.56 Å². The van der Waals surface area contributed by atoms with Gasteiger partial charge < -0.3 is 38.5 Å². The molecule has 5 aliphatic rings. The quantitative estimate of drug-likeness (QED) is 0.734. The molecule has 6 atom stereocenters. The Kier molecular flexibility index (Phi) is 3.55. The van der Waals surface area contributed by atoms with Crippen molar-refractivity contribution in [2.45, 2.75) is 75.3 Å². The molecule has 0 unspecified atom stereocenters. The van der Waals surface area contributed by atoms with Crippen LogP contribution in [-0.4, -0.2) is 61.5 Å². The van der Waals surface area contributed by atoms with Gasteiger partial charge in [0.25, 0.3) is 5.91 Å². The lowest BCUT2D eigenvalue weighted by Crippen LogP contribution is -2.70. The highest BCUT2D eigenvalue weighted by Gasteiger charge is 2.73. The van der Waals surface area contributed by atoms with E-state index in [1.807, 2.05) is 33.8 Å². The van der Waals surface area contributed by atoms with E-state index >= 15 is 0 Å². The van der Waals surface area contributed by atoms with Gasteiger partial charge in [-0.2, -0.15) is 0 Å². The number of ether oxygens (including phenoxy) is 7. The number of carbonyl (C=O) groups excluding carboxylic acids is 1. The maximum absolute atomic E-state index is 13.1. The van der Waals surface area contributed by atoms with E-state index in [2.05, 4.69) is 5.32 Å². The molecule has 4 heterocycles. The molecule has 0 spiro atoms. The number of hydrogen-bond donors (Lipinski definition) is 1. The van der Waals surface area contributed by atoms with E-state index in [-0.39, 0.29) is 24.7 Å². The summed E-state index contributed by atoms with van der Waals surface area (Å²) in [5.41, 5.74) is 1.32. The average Bonchev–Trinajstić information content (AvgIpc) is 3.33. The lowest BCUT2D eigenvalue weighted by atomic mass is 9.68. The fraction of sp³-hybridized carbons (Fsp3) is 0.667.